The first-order valence-electron chi connectivity index (χ1n) is 6.04. The number of hydrogen-bond acceptors (Lipinski definition) is 7. The van der Waals surface area contributed by atoms with E-state index in [-0.39, 0.29) is 12.0 Å². The van der Waals surface area contributed by atoms with E-state index >= 15 is 0 Å². The molecule has 0 bridgehead atoms. The van der Waals surface area contributed by atoms with Gasteiger partial charge in [0, 0.05) is 12.4 Å². The molecule has 18 heavy (non-hydrogen) atoms. The molecule has 0 spiro atoms. The number of ether oxygens (including phenoxy) is 2. The largest absolute Gasteiger partial charge is 0.459 e. The van der Waals surface area contributed by atoms with Crippen molar-refractivity contribution < 1.29 is 18.7 Å². The molecule has 0 saturated carbocycles. The van der Waals surface area contributed by atoms with E-state index < -0.39 is 5.97 Å². The molecule has 0 radical (unpaired) electrons. The first-order chi connectivity index (χ1) is 8.79. The number of thioether (sulfide) groups is 1. The summed E-state index contributed by atoms with van der Waals surface area (Å²) in [6, 6.07) is 0. The summed E-state index contributed by atoms with van der Waals surface area (Å²) in [5.41, 5.74) is 0. The maximum atomic E-state index is 11.3. The summed E-state index contributed by atoms with van der Waals surface area (Å²) in [4.78, 5) is 11.3. The van der Waals surface area contributed by atoms with Crippen molar-refractivity contribution in [3.63, 3.8) is 0 Å². The summed E-state index contributed by atoms with van der Waals surface area (Å²) >= 11 is 1.41. The van der Waals surface area contributed by atoms with Crippen molar-refractivity contribution in [1.29, 1.82) is 0 Å². The summed E-state index contributed by atoms with van der Waals surface area (Å²) < 4.78 is 15.6. The van der Waals surface area contributed by atoms with Crippen LogP contribution in [0.4, 0.5) is 0 Å². The van der Waals surface area contributed by atoms with Crippen LogP contribution in [0.15, 0.2) is 9.64 Å². The maximum absolute atomic E-state index is 11.3. The molecule has 0 N–H and O–H groups in total. The van der Waals surface area contributed by atoms with E-state index in [1.165, 1.54) is 18.2 Å². The summed E-state index contributed by atoms with van der Waals surface area (Å²) in [5.74, 6) is 0.0967. The van der Waals surface area contributed by atoms with Gasteiger partial charge in [0.15, 0.2) is 0 Å². The zero-order valence-corrected chi connectivity index (χ0v) is 11.1. The molecule has 100 valence electrons. The van der Waals surface area contributed by atoms with Crippen LogP contribution in [0.25, 0.3) is 0 Å². The third kappa shape index (κ3) is 3.71. The van der Waals surface area contributed by atoms with Gasteiger partial charge in [0.05, 0.1) is 12.7 Å². The highest BCUT2D eigenvalue weighted by atomic mass is 32.2. The average Bonchev–Trinajstić information content (AvgIpc) is 2.87. The lowest BCUT2D eigenvalue weighted by Crippen LogP contribution is -2.21. The molecule has 1 aliphatic rings. The number of rotatable bonds is 5. The van der Waals surface area contributed by atoms with Crippen LogP contribution < -0.4 is 0 Å². The van der Waals surface area contributed by atoms with Crippen LogP contribution in [0.5, 0.6) is 0 Å². The number of carbonyl (C=O) groups excluding carboxylic acids is 1. The van der Waals surface area contributed by atoms with E-state index in [4.69, 9.17) is 13.9 Å². The SMILES string of the molecule is CCOC(=O)c1nnc(SCC2CCCCO2)o1. The third-order valence-corrected chi connectivity index (χ3v) is 3.47. The van der Waals surface area contributed by atoms with Gasteiger partial charge in [-0.2, -0.15) is 0 Å². The fourth-order valence-electron chi connectivity index (χ4n) is 1.65. The molecule has 1 atom stereocenters. The van der Waals surface area contributed by atoms with Crippen LogP contribution in [0.2, 0.25) is 0 Å². The Morgan fingerprint density at radius 1 is 1.50 bits per heavy atom. The van der Waals surface area contributed by atoms with E-state index in [1.807, 2.05) is 0 Å². The summed E-state index contributed by atoms with van der Waals surface area (Å²) in [6.45, 7) is 2.84. The molecule has 7 heteroatoms. The topological polar surface area (TPSA) is 74.5 Å². The average molecular weight is 272 g/mol. The highest BCUT2D eigenvalue weighted by molar-refractivity contribution is 7.99. The van der Waals surface area contributed by atoms with Crippen LogP contribution in [0.1, 0.15) is 36.9 Å². The molecular formula is C11H16N2O4S. The molecule has 6 nitrogen and oxygen atoms in total. The van der Waals surface area contributed by atoms with Gasteiger partial charge < -0.3 is 13.9 Å². The lowest BCUT2D eigenvalue weighted by molar-refractivity contribution is 0.0314. The molecule has 1 aromatic heterocycles. The zero-order chi connectivity index (χ0) is 12.8. The predicted molar refractivity (Wildman–Crippen MR) is 64.6 cm³/mol. The summed E-state index contributed by atoms with van der Waals surface area (Å²) in [5, 5.41) is 7.82. The van der Waals surface area contributed by atoms with Gasteiger partial charge in [-0.3, -0.25) is 0 Å². The minimum absolute atomic E-state index is 0.0936. The lowest BCUT2D eigenvalue weighted by Gasteiger charge is -2.21. The van der Waals surface area contributed by atoms with Crippen molar-refractivity contribution in [3.8, 4) is 0 Å². The Morgan fingerprint density at radius 2 is 2.39 bits per heavy atom. The highest BCUT2D eigenvalue weighted by Crippen LogP contribution is 2.22. The van der Waals surface area contributed by atoms with Crippen molar-refractivity contribution >= 4 is 17.7 Å². The van der Waals surface area contributed by atoms with E-state index in [0.29, 0.717) is 11.8 Å². The maximum Gasteiger partial charge on any atom is 0.396 e. The first-order valence-corrected chi connectivity index (χ1v) is 7.03. The molecule has 0 amide bonds. The van der Waals surface area contributed by atoms with Gasteiger partial charge >= 0.3 is 11.9 Å². The number of nitrogens with zero attached hydrogens (tertiary/aromatic N) is 2. The normalized spacial score (nSPS) is 19.7. The lowest BCUT2D eigenvalue weighted by atomic mass is 10.1. The van der Waals surface area contributed by atoms with Gasteiger partial charge in [0.25, 0.3) is 5.22 Å². The fraction of sp³-hybridized carbons (Fsp3) is 0.727. The van der Waals surface area contributed by atoms with E-state index in [2.05, 4.69) is 10.2 Å². The highest BCUT2D eigenvalue weighted by Gasteiger charge is 2.19. The Morgan fingerprint density at radius 3 is 3.11 bits per heavy atom. The quantitative estimate of drug-likeness (QED) is 0.598. The molecule has 1 aromatic rings. The number of hydrogen-bond donors (Lipinski definition) is 0. The Labute approximate surface area is 109 Å². The monoisotopic (exact) mass is 272 g/mol. The summed E-state index contributed by atoms with van der Waals surface area (Å²) in [7, 11) is 0. The van der Waals surface area contributed by atoms with Crippen molar-refractivity contribution in [2.45, 2.75) is 37.5 Å². The zero-order valence-electron chi connectivity index (χ0n) is 10.3. The van der Waals surface area contributed by atoms with Gasteiger partial charge in [-0.15, -0.1) is 5.10 Å². The molecule has 1 aliphatic heterocycles. The molecule has 1 fully saturated rings. The van der Waals surface area contributed by atoms with Gasteiger partial charge in [-0.1, -0.05) is 16.9 Å². The Balaban J connectivity index is 1.80. The van der Waals surface area contributed by atoms with Gasteiger partial charge in [-0.25, -0.2) is 4.79 Å². The minimum atomic E-state index is -0.578. The molecule has 2 heterocycles. The van der Waals surface area contributed by atoms with E-state index in [1.54, 1.807) is 6.92 Å². The molecule has 2 rings (SSSR count). The third-order valence-electron chi connectivity index (χ3n) is 2.52. The van der Waals surface area contributed by atoms with Crippen molar-refractivity contribution in [2.75, 3.05) is 19.0 Å². The minimum Gasteiger partial charge on any atom is -0.459 e. The summed E-state index contributed by atoms with van der Waals surface area (Å²) in [6.07, 6.45) is 3.63. The van der Waals surface area contributed by atoms with Crippen LogP contribution in [-0.2, 0) is 9.47 Å². The van der Waals surface area contributed by atoms with Crippen molar-refractivity contribution in [2.24, 2.45) is 0 Å². The van der Waals surface area contributed by atoms with Gasteiger partial charge in [-0.05, 0) is 26.2 Å². The predicted octanol–water partition coefficient (Wildman–Crippen LogP) is 1.91. The smallest absolute Gasteiger partial charge is 0.396 e. The second kappa shape index (κ2) is 6.75. The molecule has 1 unspecified atom stereocenters. The molecular weight excluding hydrogens is 256 g/mol. The fourth-order valence-corrected chi connectivity index (χ4v) is 2.47. The molecule has 0 aromatic carbocycles. The molecule has 1 saturated heterocycles. The van der Waals surface area contributed by atoms with E-state index in [0.717, 1.165) is 25.2 Å². The van der Waals surface area contributed by atoms with Crippen LogP contribution in [0.3, 0.4) is 0 Å². The van der Waals surface area contributed by atoms with Gasteiger partial charge in [0.2, 0.25) is 0 Å². The standard InChI is InChI=1S/C11H16N2O4S/c1-2-15-10(14)9-12-13-11(17-9)18-7-8-5-3-4-6-16-8/h8H,2-7H2,1H3. The Kier molecular flexibility index (Phi) is 5.00. The Hall–Kier alpha value is -1.08. The van der Waals surface area contributed by atoms with E-state index in [9.17, 15) is 4.79 Å². The van der Waals surface area contributed by atoms with Crippen LogP contribution in [0, 0.1) is 0 Å². The van der Waals surface area contributed by atoms with Crippen molar-refractivity contribution in [1.82, 2.24) is 10.2 Å². The first kappa shape index (κ1) is 13.4. The Bertz CT molecular complexity index is 390. The molecule has 0 aliphatic carbocycles. The second-order valence-corrected chi connectivity index (χ2v) is 4.86. The van der Waals surface area contributed by atoms with Crippen LogP contribution in [-0.4, -0.2) is 41.2 Å². The number of aromatic nitrogens is 2. The van der Waals surface area contributed by atoms with Gasteiger partial charge in [0.1, 0.15) is 0 Å². The van der Waals surface area contributed by atoms with Crippen LogP contribution >= 0.6 is 11.8 Å². The number of esters is 1. The van der Waals surface area contributed by atoms with Crippen molar-refractivity contribution in [3.05, 3.63) is 5.89 Å². The number of carbonyl (C=O) groups is 1. The second-order valence-electron chi connectivity index (χ2n) is 3.89.